The molecule has 0 bridgehead atoms. The van der Waals surface area contributed by atoms with Gasteiger partial charge in [0.25, 0.3) is 11.8 Å². The molecule has 0 unspecified atom stereocenters. The van der Waals surface area contributed by atoms with Crippen molar-refractivity contribution in [3.8, 4) is 5.82 Å². The van der Waals surface area contributed by atoms with E-state index in [1.807, 2.05) is 0 Å². The van der Waals surface area contributed by atoms with Gasteiger partial charge in [0, 0.05) is 37.2 Å². The van der Waals surface area contributed by atoms with E-state index in [0.29, 0.717) is 0 Å². The second-order valence-corrected chi connectivity index (χ2v) is 9.87. The fourth-order valence-corrected chi connectivity index (χ4v) is 4.70. The second kappa shape index (κ2) is 11.1. The summed E-state index contributed by atoms with van der Waals surface area (Å²) in [5.41, 5.74) is -0.540. The minimum Gasteiger partial charge on any atom is -0.276 e. The van der Waals surface area contributed by atoms with Crippen LogP contribution in [0.15, 0.2) is 41.1 Å². The summed E-state index contributed by atoms with van der Waals surface area (Å²) < 4.78 is 1.42. The van der Waals surface area contributed by atoms with E-state index in [4.69, 9.17) is 34.8 Å². The fraction of sp³-hybridized carbons (Fsp3) is 0.217. The fourth-order valence-electron chi connectivity index (χ4n) is 3.54. The molecule has 3 aromatic rings. The van der Waals surface area contributed by atoms with Crippen molar-refractivity contribution >= 4 is 80.0 Å². The summed E-state index contributed by atoms with van der Waals surface area (Å²) >= 11 is 22.1. The van der Waals surface area contributed by atoms with Crippen LogP contribution in [-0.2, 0) is 9.59 Å². The molecule has 0 saturated heterocycles. The van der Waals surface area contributed by atoms with E-state index in [9.17, 15) is 19.2 Å². The van der Waals surface area contributed by atoms with Crippen molar-refractivity contribution in [2.75, 3.05) is 4.90 Å². The number of pyridine rings is 1. The third kappa shape index (κ3) is 5.46. The summed E-state index contributed by atoms with van der Waals surface area (Å²) in [6.45, 7) is 5.65. The van der Waals surface area contributed by atoms with Crippen LogP contribution in [-0.4, -0.2) is 49.3 Å². The first kappa shape index (κ1) is 27.8. The highest BCUT2D eigenvalue weighted by Crippen LogP contribution is 2.36. The molecule has 0 aliphatic carbocycles. The van der Waals surface area contributed by atoms with Crippen LogP contribution in [0.3, 0.4) is 0 Å². The number of imide groups is 2. The summed E-state index contributed by atoms with van der Waals surface area (Å²) in [6, 6.07) is 6.54. The molecular weight excluding hydrogens is 597 g/mol. The van der Waals surface area contributed by atoms with Gasteiger partial charge in [0.1, 0.15) is 10.3 Å². The van der Waals surface area contributed by atoms with Gasteiger partial charge in [0.2, 0.25) is 11.8 Å². The second-order valence-electron chi connectivity index (χ2n) is 7.80. The van der Waals surface area contributed by atoms with Crippen molar-refractivity contribution in [3.63, 3.8) is 0 Å². The Balaban J connectivity index is 2.26. The normalized spacial score (nSPS) is 10.9. The number of aromatic nitrogens is 3. The first-order valence-electron chi connectivity index (χ1n) is 10.4. The molecule has 0 aliphatic rings. The van der Waals surface area contributed by atoms with Gasteiger partial charge in [-0.3, -0.25) is 24.1 Å². The SMILES string of the molecule is CC(=O)N(C(=O)c1cc(Br)nn1-c1ncccc1Cl)c1c(Cl)cc(Cl)cc1C(=O)N(C(C)=O)C(C)C. The van der Waals surface area contributed by atoms with Gasteiger partial charge in [-0.25, -0.2) is 14.6 Å². The lowest BCUT2D eigenvalue weighted by Crippen LogP contribution is -2.43. The Labute approximate surface area is 230 Å². The lowest BCUT2D eigenvalue weighted by atomic mass is 10.1. The predicted molar refractivity (Wildman–Crippen MR) is 140 cm³/mol. The first-order chi connectivity index (χ1) is 16.8. The van der Waals surface area contributed by atoms with Gasteiger partial charge >= 0.3 is 0 Å². The number of hydrogen-bond acceptors (Lipinski definition) is 6. The molecule has 2 heterocycles. The molecule has 0 atom stereocenters. The van der Waals surface area contributed by atoms with Crippen LogP contribution in [0.1, 0.15) is 48.5 Å². The Bertz CT molecular complexity index is 1390. The molecule has 0 spiro atoms. The zero-order chi connectivity index (χ0) is 26.9. The predicted octanol–water partition coefficient (Wildman–Crippen LogP) is 5.58. The van der Waals surface area contributed by atoms with Crippen LogP contribution >= 0.6 is 50.7 Å². The molecule has 0 aliphatic heterocycles. The summed E-state index contributed by atoms with van der Waals surface area (Å²) in [7, 11) is 0. The number of nitrogens with zero attached hydrogens (tertiary/aromatic N) is 5. The van der Waals surface area contributed by atoms with E-state index < -0.39 is 29.7 Å². The van der Waals surface area contributed by atoms with Gasteiger partial charge in [-0.05, 0) is 54.0 Å². The van der Waals surface area contributed by atoms with Crippen molar-refractivity contribution in [2.24, 2.45) is 0 Å². The van der Waals surface area contributed by atoms with Crippen LogP contribution in [0.4, 0.5) is 5.69 Å². The van der Waals surface area contributed by atoms with E-state index in [-0.39, 0.29) is 42.4 Å². The summed E-state index contributed by atoms with van der Waals surface area (Å²) in [4.78, 5) is 58.3. The summed E-state index contributed by atoms with van der Waals surface area (Å²) in [5.74, 6) is -2.81. The lowest BCUT2D eigenvalue weighted by molar-refractivity contribution is -0.127. The van der Waals surface area contributed by atoms with Gasteiger partial charge in [-0.1, -0.05) is 34.8 Å². The highest BCUT2D eigenvalue weighted by atomic mass is 79.9. The molecule has 0 saturated carbocycles. The Morgan fingerprint density at radius 2 is 1.64 bits per heavy atom. The number of carbonyl (C=O) groups is 4. The molecule has 3 rings (SSSR count). The molecule has 0 fully saturated rings. The van der Waals surface area contributed by atoms with Crippen molar-refractivity contribution < 1.29 is 19.2 Å². The minimum absolute atomic E-state index is 0.0726. The number of anilines is 1. The van der Waals surface area contributed by atoms with E-state index in [1.165, 1.54) is 31.3 Å². The highest BCUT2D eigenvalue weighted by Gasteiger charge is 2.34. The molecule has 0 radical (unpaired) electrons. The number of rotatable bonds is 5. The molecule has 1 aromatic carbocycles. The number of carbonyl (C=O) groups excluding carboxylic acids is 4. The highest BCUT2D eigenvalue weighted by molar-refractivity contribution is 9.10. The number of hydrogen-bond donors (Lipinski definition) is 0. The van der Waals surface area contributed by atoms with Gasteiger partial charge < -0.3 is 0 Å². The monoisotopic (exact) mass is 613 g/mol. The third-order valence-corrected chi connectivity index (χ3v) is 6.10. The average molecular weight is 616 g/mol. The number of halogens is 4. The van der Waals surface area contributed by atoms with E-state index in [1.54, 1.807) is 26.0 Å². The maximum atomic E-state index is 13.8. The average Bonchev–Trinajstić information content (AvgIpc) is 3.16. The van der Waals surface area contributed by atoms with E-state index >= 15 is 0 Å². The first-order valence-corrected chi connectivity index (χ1v) is 12.3. The number of benzene rings is 1. The van der Waals surface area contributed by atoms with Crippen molar-refractivity contribution in [3.05, 3.63) is 67.5 Å². The van der Waals surface area contributed by atoms with Gasteiger partial charge in [0.15, 0.2) is 5.82 Å². The van der Waals surface area contributed by atoms with Crippen LogP contribution in [0.25, 0.3) is 5.82 Å². The smallest absolute Gasteiger partial charge is 0.276 e. The summed E-state index contributed by atoms with van der Waals surface area (Å²) in [6.07, 6.45) is 1.46. The summed E-state index contributed by atoms with van der Waals surface area (Å²) in [5, 5.41) is 4.34. The largest absolute Gasteiger partial charge is 0.283 e. The Morgan fingerprint density at radius 1 is 0.972 bits per heavy atom. The standard InChI is InChI=1S/C23H19BrCl3N5O4/c1-11(2)30(12(3)33)22(35)15-8-14(25)9-17(27)20(15)31(13(4)34)23(36)18-10-19(24)29-32(18)21-16(26)6-5-7-28-21/h5-11H,1-4H3. The molecule has 9 nitrogen and oxygen atoms in total. The van der Waals surface area contributed by atoms with Gasteiger partial charge in [-0.15, -0.1) is 0 Å². The van der Waals surface area contributed by atoms with Crippen LogP contribution in [0.5, 0.6) is 0 Å². The Kier molecular flexibility index (Phi) is 8.55. The third-order valence-electron chi connectivity index (χ3n) is 4.91. The zero-order valence-electron chi connectivity index (χ0n) is 19.4. The van der Waals surface area contributed by atoms with Gasteiger partial charge in [-0.2, -0.15) is 5.10 Å². The maximum absolute atomic E-state index is 13.8. The molecule has 2 aromatic heterocycles. The Hall–Kier alpha value is -2.79. The zero-order valence-corrected chi connectivity index (χ0v) is 23.3. The quantitative estimate of drug-likeness (QED) is 0.371. The topological polar surface area (TPSA) is 105 Å². The van der Waals surface area contributed by atoms with Crippen LogP contribution in [0, 0.1) is 0 Å². The van der Waals surface area contributed by atoms with E-state index in [0.717, 1.165) is 21.4 Å². The van der Waals surface area contributed by atoms with Crippen molar-refractivity contribution in [2.45, 2.75) is 33.7 Å². The van der Waals surface area contributed by atoms with Crippen LogP contribution < -0.4 is 4.90 Å². The maximum Gasteiger partial charge on any atom is 0.283 e. The molecule has 36 heavy (non-hydrogen) atoms. The van der Waals surface area contributed by atoms with Gasteiger partial charge in [0.05, 0.1) is 21.3 Å². The molecule has 188 valence electrons. The molecule has 4 amide bonds. The minimum atomic E-state index is -0.875. The lowest BCUT2D eigenvalue weighted by Gasteiger charge is -2.28. The van der Waals surface area contributed by atoms with Crippen molar-refractivity contribution in [1.82, 2.24) is 19.7 Å². The molecular formula is C23H19BrCl3N5O4. The molecule has 13 heteroatoms. The van der Waals surface area contributed by atoms with E-state index in [2.05, 4.69) is 26.0 Å². The Morgan fingerprint density at radius 3 is 2.19 bits per heavy atom. The molecule has 0 N–H and O–H groups in total. The van der Waals surface area contributed by atoms with Crippen LogP contribution in [0.2, 0.25) is 15.1 Å². The number of amides is 4. The van der Waals surface area contributed by atoms with Crippen molar-refractivity contribution in [1.29, 1.82) is 0 Å².